The Morgan fingerprint density at radius 2 is 1.71 bits per heavy atom. The van der Waals surface area contributed by atoms with Crippen molar-refractivity contribution >= 4 is 33.5 Å². The van der Waals surface area contributed by atoms with E-state index >= 15 is 0 Å². The molecule has 162 valence electrons. The van der Waals surface area contributed by atoms with E-state index < -0.39 is 0 Å². The number of hydrogen-bond donors (Lipinski definition) is 1. The number of carbonyl (C=O) groups excluding carboxylic acids is 2. The van der Waals surface area contributed by atoms with Crippen LogP contribution in [0.2, 0.25) is 0 Å². The standard InChI is InChI=1S/C23H26N4O3S/c28-22(19-11-10-18(30-19)21-25-17-8-4-5-9-20(17)31-21)26-12-14-27(15-13-26)23(29)24-16-6-2-1-3-7-16/h4-5,8-11,16H,1-3,6-7,12-15H2,(H,24,29). The van der Waals surface area contributed by atoms with Gasteiger partial charge in [-0.05, 0) is 37.1 Å². The summed E-state index contributed by atoms with van der Waals surface area (Å²) in [7, 11) is 0. The van der Waals surface area contributed by atoms with Gasteiger partial charge >= 0.3 is 6.03 Å². The van der Waals surface area contributed by atoms with Gasteiger partial charge in [0.25, 0.3) is 5.91 Å². The molecule has 2 fully saturated rings. The fourth-order valence-corrected chi connectivity index (χ4v) is 5.25. The number of nitrogens with zero attached hydrogens (tertiary/aromatic N) is 3. The van der Waals surface area contributed by atoms with E-state index in [1.807, 2.05) is 29.2 Å². The van der Waals surface area contributed by atoms with Gasteiger partial charge in [-0.1, -0.05) is 31.4 Å². The van der Waals surface area contributed by atoms with E-state index in [1.165, 1.54) is 19.3 Å². The van der Waals surface area contributed by atoms with Crippen molar-refractivity contribution < 1.29 is 14.0 Å². The second-order valence-corrected chi connectivity index (χ2v) is 9.24. The molecule has 1 aliphatic carbocycles. The third kappa shape index (κ3) is 4.30. The maximum Gasteiger partial charge on any atom is 0.317 e. The fraction of sp³-hybridized carbons (Fsp3) is 0.435. The number of fused-ring (bicyclic) bond motifs is 1. The third-order valence-electron chi connectivity index (χ3n) is 6.11. The van der Waals surface area contributed by atoms with E-state index in [2.05, 4.69) is 10.3 Å². The van der Waals surface area contributed by atoms with Crippen LogP contribution in [0.3, 0.4) is 0 Å². The number of piperazine rings is 1. The molecular weight excluding hydrogens is 412 g/mol. The van der Waals surface area contributed by atoms with Gasteiger partial charge < -0.3 is 19.5 Å². The van der Waals surface area contributed by atoms with Crippen LogP contribution < -0.4 is 5.32 Å². The summed E-state index contributed by atoms with van der Waals surface area (Å²) in [5.74, 6) is 0.782. The minimum atomic E-state index is -0.139. The summed E-state index contributed by atoms with van der Waals surface area (Å²) in [6, 6.07) is 11.7. The number of urea groups is 1. The summed E-state index contributed by atoms with van der Waals surface area (Å²) < 4.78 is 6.94. The number of rotatable bonds is 3. The van der Waals surface area contributed by atoms with Crippen LogP contribution in [0.15, 0.2) is 40.8 Å². The molecule has 0 unspecified atom stereocenters. The molecule has 0 radical (unpaired) electrons. The van der Waals surface area contributed by atoms with Gasteiger partial charge in [0, 0.05) is 32.2 Å². The predicted molar refractivity (Wildman–Crippen MR) is 120 cm³/mol. The number of furan rings is 1. The largest absolute Gasteiger partial charge is 0.448 e. The normalized spacial score (nSPS) is 17.8. The van der Waals surface area contributed by atoms with Crippen LogP contribution in [0.5, 0.6) is 0 Å². The average molecular weight is 439 g/mol. The highest BCUT2D eigenvalue weighted by atomic mass is 32.1. The Labute approximate surface area is 185 Å². The maximum atomic E-state index is 12.9. The van der Waals surface area contributed by atoms with E-state index in [0.717, 1.165) is 28.1 Å². The lowest BCUT2D eigenvalue weighted by Gasteiger charge is -2.35. The summed E-state index contributed by atoms with van der Waals surface area (Å²) in [4.78, 5) is 33.6. The second kappa shape index (κ2) is 8.70. The van der Waals surface area contributed by atoms with E-state index in [0.29, 0.717) is 43.7 Å². The van der Waals surface area contributed by atoms with Crippen molar-refractivity contribution in [3.8, 4) is 10.8 Å². The number of amides is 3. The quantitative estimate of drug-likeness (QED) is 0.659. The molecule has 1 N–H and O–H groups in total. The molecule has 0 atom stereocenters. The molecule has 3 amide bonds. The zero-order valence-electron chi connectivity index (χ0n) is 17.4. The number of thiazole rings is 1. The van der Waals surface area contributed by atoms with Gasteiger partial charge in [-0.2, -0.15) is 0 Å². The molecule has 1 aliphatic heterocycles. The lowest BCUT2D eigenvalue weighted by Crippen LogP contribution is -2.54. The number of nitrogens with one attached hydrogen (secondary N) is 1. The van der Waals surface area contributed by atoms with Crippen LogP contribution in [-0.4, -0.2) is 58.9 Å². The number of para-hydroxylation sites is 1. The molecule has 1 saturated carbocycles. The second-order valence-electron chi connectivity index (χ2n) is 8.21. The lowest BCUT2D eigenvalue weighted by molar-refractivity contribution is 0.0632. The highest BCUT2D eigenvalue weighted by Gasteiger charge is 2.28. The van der Waals surface area contributed by atoms with Gasteiger partial charge in [-0.15, -0.1) is 11.3 Å². The zero-order valence-corrected chi connectivity index (χ0v) is 18.2. The van der Waals surface area contributed by atoms with Gasteiger partial charge in [-0.3, -0.25) is 4.79 Å². The summed E-state index contributed by atoms with van der Waals surface area (Å²) in [5, 5.41) is 3.92. The highest BCUT2D eigenvalue weighted by molar-refractivity contribution is 7.21. The van der Waals surface area contributed by atoms with E-state index in [4.69, 9.17) is 4.42 Å². The van der Waals surface area contributed by atoms with Crippen LogP contribution in [0.4, 0.5) is 4.79 Å². The van der Waals surface area contributed by atoms with E-state index in [-0.39, 0.29) is 11.9 Å². The van der Waals surface area contributed by atoms with E-state index in [9.17, 15) is 9.59 Å². The van der Waals surface area contributed by atoms with Gasteiger partial charge in [0.1, 0.15) is 0 Å². The number of benzene rings is 1. The minimum absolute atomic E-state index is 0.00452. The van der Waals surface area contributed by atoms with Gasteiger partial charge in [-0.25, -0.2) is 9.78 Å². The first-order valence-electron chi connectivity index (χ1n) is 11.0. The van der Waals surface area contributed by atoms with Crippen molar-refractivity contribution in [1.82, 2.24) is 20.1 Å². The number of carbonyl (C=O) groups is 2. The molecule has 7 nitrogen and oxygen atoms in total. The fourth-order valence-electron chi connectivity index (χ4n) is 4.33. The van der Waals surface area contributed by atoms with Crippen LogP contribution in [-0.2, 0) is 0 Å². The molecule has 8 heteroatoms. The summed E-state index contributed by atoms with van der Waals surface area (Å²) in [6.07, 6.45) is 5.78. The molecule has 2 aromatic heterocycles. The Balaban J connectivity index is 1.18. The summed E-state index contributed by atoms with van der Waals surface area (Å²) >= 11 is 1.55. The van der Waals surface area contributed by atoms with Crippen molar-refractivity contribution in [2.24, 2.45) is 0 Å². The first kappa shape index (κ1) is 20.1. The van der Waals surface area contributed by atoms with Crippen LogP contribution in [0.1, 0.15) is 42.7 Å². The molecule has 3 heterocycles. The molecule has 1 saturated heterocycles. The Morgan fingerprint density at radius 3 is 2.48 bits per heavy atom. The van der Waals surface area contributed by atoms with Crippen LogP contribution >= 0.6 is 11.3 Å². The molecule has 3 aromatic rings. The van der Waals surface area contributed by atoms with Crippen molar-refractivity contribution in [2.45, 2.75) is 38.1 Å². The molecule has 0 bridgehead atoms. The molecular formula is C23H26N4O3S. The van der Waals surface area contributed by atoms with Crippen molar-refractivity contribution in [3.05, 3.63) is 42.2 Å². The molecule has 5 rings (SSSR count). The lowest BCUT2D eigenvalue weighted by atomic mass is 9.96. The van der Waals surface area contributed by atoms with Crippen molar-refractivity contribution in [2.75, 3.05) is 26.2 Å². The molecule has 0 spiro atoms. The Morgan fingerprint density at radius 1 is 0.968 bits per heavy atom. The Bertz CT molecular complexity index is 1040. The zero-order chi connectivity index (χ0) is 21.2. The van der Waals surface area contributed by atoms with Gasteiger partial charge in [0.05, 0.1) is 10.2 Å². The monoisotopic (exact) mass is 438 g/mol. The van der Waals surface area contributed by atoms with Gasteiger partial charge in [0.2, 0.25) is 0 Å². The Hall–Kier alpha value is -2.87. The SMILES string of the molecule is O=C(NC1CCCCC1)N1CCN(C(=O)c2ccc(-c3nc4ccccc4s3)o2)CC1. The number of hydrogen-bond acceptors (Lipinski definition) is 5. The third-order valence-corrected chi connectivity index (χ3v) is 7.16. The Kier molecular flexibility index (Phi) is 5.63. The summed E-state index contributed by atoms with van der Waals surface area (Å²) in [6.45, 7) is 2.09. The van der Waals surface area contributed by atoms with Crippen LogP contribution in [0, 0.1) is 0 Å². The molecule has 2 aliphatic rings. The smallest absolute Gasteiger partial charge is 0.317 e. The first-order chi connectivity index (χ1) is 15.2. The van der Waals surface area contributed by atoms with Crippen LogP contribution in [0.25, 0.3) is 21.0 Å². The topological polar surface area (TPSA) is 78.7 Å². The number of aromatic nitrogens is 1. The van der Waals surface area contributed by atoms with Gasteiger partial charge in [0.15, 0.2) is 16.5 Å². The maximum absolute atomic E-state index is 12.9. The summed E-state index contributed by atoms with van der Waals surface area (Å²) in [5.41, 5.74) is 0.925. The predicted octanol–water partition coefficient (Wildman–Crippen LogP) is 4.36. The first-order valence-corrected chi connectivity index (χ1v) is 11.8. The average Bonchev–Trinajstić information content (AvgIpc) is 3.46. The minimum Gasteiger partial charge on any atom is -0.448 e. The van der Waals surface area contributed by atoms with Crippen molar-refractivity contribution in [3.63, 3.8) is 0 Å². The highest BCUT2D eigenvalue weighted by Crippen LogP contribution is 2.31. The molecule has 1 aromatic carbocycles. The van der Waals surface area contributed by atoms with E-state index in [1.54, 1.807) is 28.4 Å². The molecule has 31 heavy (non-hydrogen) atoms. The van der Waals surface area contributed by atoms with Crippen molar-refractivity contribution in [1.29, 1.82) is 0 Å².